The molecule has 0 aliphatic heterocycles. The summed E-state index contributed by atoms with van der Waals surface area (Å²) in [5.74, 6) is -1.03. The predicted octanol–water partition coefficient (Wildman–Crippen LogP) is 2.88. The molecule has 0 radical (unpaired) electrons. The van der Waals surface area contributed by atoms with Crippen LogP contribution in [0.2, 0.25) is 0 Å². The van der Waals surface area contributed by atoms with Crippen LogP contribution in [0.3, 0.4) is 0 Å². The lowest BCUT2D eigenvalue weighted by molar-refractivity contribution is -0.0437. The van der Waals surface area contributed by atoms with Crippen LogP contribution in [0, 0.1) is 0 Å². The van der Waals surface area contributed by atoms with Gasteiger partial charge in [0.2, 0.25) is 0 Å². The fourth-order valence-corrected chi connectivity index (χ4v) is 2.16. The number of hydrogen-bond donors (Lipinski definition) is 0. The molecule has 1 aromatic rings. The molecule has 2 nitrogen and oxygen atoms in total. The zero-order valence-electron chi connectivity index (χ0n) is 7.25. The highest BCUT2D eigenvalue weighted by Gasteiger charge is 2.45. The normalized spacial score (nSPS) is 12.8. The molecular weight excluding hydrogens is 297 g/mol. The Bertz CT molecular complexity index is 453. The van der Waals surface area contributed by atoms with Crippen LogP contribution in [-0.4, -0.2) is 13.9 Å². The number of rotatable bonds is 2. The average molecular weight is 303 g/mol. The molecule has 0 atom stereocenters. The molecule has 0 fully saturated rings. The number of halogens is 4. The quantitative estimate of drug-likeness (QED) is 0.842. The standard InChI is InChI=1S/C8H6BrF3O2S/c9-7-3-1-2-6(4-7)5-15(13,14)8(10,11)12/h1-4H,5H2. The molecule has 0 aliphatic carbocycles. The third-order valence-electron chi connectivity index (χ3n) is 1.60. The van der Waals surface area contributed by atoms with Crippen molar-refractivity contribution >= 4 is 25.8 Å². The Morgan fingerprint density at radius 1 is 1.27 bits per heavy atom. The van der Waals surface area contributed by atoms with E-state index in [0.717, 1.165) is 0 Å². The summed E-state index contributed by atoms with van der Waals surface area (Å²) in [6, 6.07) is 5.74. The predicted molar refractivity (Wildman–Crippen MR) is 52.8 cm³/mol. The van der Waals surface area contributed by atoms with E-state index >= 15 is 0 Å². The maximum Gasteiger partial charge on any atom is 0.497 e. The molecule has 84 valence electrons. The van der Waals surface area contributed by atoms with Gasteiger partial charge < -0.3 is 0 Å². The number of alkyl halides is 3. The van der Waals surface area contributed by atoms with E-state index in [2.05, 4.69) is 15.9 Å². The minimum atomic E-state index is -5.20. The van der Waals surface area contributed by atoms with Crippen molar-refractivity contribution in [3.8, 4) is 0 Å². The van der Waals surface area contributed by atoms with Crippen LogP contribution in [0.1, 0.15) is 5.56 Å². The summed E-state index contributed by atoms with van der Waals surface area (Å²) < 4.78 is 58.2. The molecular formula is C8H6BrF3O2S. The maximum absolute atomic E-state index is 12.0. The van der Waals surface area contributed by atoms with Crippen molar-refractivity contribution in [3.05, 3.63) is 34.3 Å². The number of hydrogen-bond acceptors (Lipinski definition) is 2. The van der Waals surface area contributed by atoms with Crippen LogP contribution in [0.15, 0.2) is 28.7 Å². The van der Waals surface area contributed by atoms with Crippen molar-refractivity contribution in [2.24, 2.45) is 0 Å². The summed E-state index contributed by atoms with van der Waals surface area (Å²) in [6.07, 6.45) is 0. The fourth-order valence-electron chi connectivity index (χ4n) is 0.928. The second kappa shape index (κ2) is 4.13. The Hall–Kier alpha value is -0.560. The van der Waals surface area contributed by atoms with E-state index in [1.807, 2.05) is 0 Å². The zero-order valence-corrected chi connectivity index (χ0v) is 9.66. The molecule has 0 N–H and O–H groups in total. The van der Waals surface area contributed by atoms with Crippen molar-refractivity contribution < 1.29 is 21.6 Å². The molecule has 0 saturated heterocycles. The van der Waals surface area contributed by atoms with Gasteiger partial charge >= 0.3 is 5.51 Å². The Labute approximate surface area is 93.2 Å². The summed E-state index contributed by atoms with van der Waals surface area (Å²) in [7, 11) is -5.09. The second-order valence-electron chi connectivity index (χ2n) is 2.83. The van der Waals surface area contributed by atoms with Gasteiger partial charge in [0.1, 0.15) is 0 Å². The van der Waals surface area contributed by atoms with Crippen LogP contribution < -0.4 is 0 Å². The highest BCUT2D eigenvalue weighted by Crippen LogP contribution is 2.27. The molecule has 0 spiro atoms. The van der Waals surface area contributed by atoms with Gasteiger partial charge in [-0.25, -0.2) is 8.42 Å². The van der Waals surface area contributed by atoms with Gasteiger partial charge in [0.05, 0.1) is 5.75 Å². The summed E-state index contributed by atoms with van der Waals surface area (Å²) >= 11 is 3.04. The lowest BCUT2D eigenvalue weighted by Gasteiger charge is -2.07. The Morgan fingerprint density at radius 2 is 1.87 bits per heavy atom. The molecule has 0 aliphatic rings. The molecule has 0 unspecified atom stereocenters. The zero-order chi connectivity index (χ0) is 11.7. The van der Waals surface area contributed by atoms with E-state index in [4.69, 9.17) is 0 Å². The van der Waals surface area contributed by atoms with Crippen molar-refractivity contribution in [2.45, 2.75) is 11.3 Å². The molecule has 7 heteroatoms. The summed E-state index contributed by atoms with van der Waals surface area (Å²) in [6.45, 7) is 0. The van der Waals surface area contributed by atoms with Gasteiger partial charge in [0.15, 0.2) is 0 Å². The molecule has 1 aromatic carbocycles. The van der Waals surface area contributed by atoms with Crippen LogP contribution in [0.25, 0.3) is 0 Å². The summed E-state index contributed by atoms with van der Waals surface area (Å²) in [5.41, 5.74) is -5.10. The highest BCUT2D eigenvalue weighted by molar-refractivity contribution is 9.10. The van der Waals surface area contributed by atoms with Crippen LogP contribution in [0.5, 0.6) is 0 Å². The maximum atomic E-state index is 12.0. The molecule has 0 bridgehead atoms. The molecule has 0 saturated carbocycles. The molecule has 1 rings (SSSR count). The first-order chi connectivity index (χ1) is 6.72. The fraction of sp³-hybridized carbons (Fsp3) is 0.250. The van der Waals surface area contributed by atoms with E-state index < -0.39 is 21.1 Å². The molecule has 0 amide bonds. The Kier molecular flexibility index (Phi) is 3.44. The van der Waals surface area contributed by atoms with E-state index in [0.29, 0.717) is 4.47 Å². The molecule has 0 aromatic heterocycles. The van der Waals surface area contributed by atoms with Crippen LogP contribution in [-0.2, 0) is 15.6 Å². The van der Waals surface area contributed by atoms with Gasteiger partial charge in [-0.15, -0.1) is 0 Å². The Morgan fingerprint density at radius 3 is 2.33 bits per heavy atom. The number of benzene rings is 1. The molecule has 15 heavy (non-hydrogen) atoms. The smallest absolute Gasteiger partial charge is 0.219 e. The first-order valence-electron chi connectivity index (χ1n) is 3.76. The van der Waals surface area contributed by atoms with E-state index in [1.165, 1.54) is 18.2 Å². The van der Waals surface area contributed by atoms with Crippen molar-refractivity contribution in [2.75, 3.05) is 0 Å². The van der Waals surface area contributed by atoms with Gasteiger partial charge in [-0.1, -0.05) is 28.1 Å². The lowest BCUT2D eigenvalue weighted by atomic mass is 10.2. The topological polar surface area (TPSA) is 34.1 Å². The van der Waals surface area contributed by atoms with Gasteiger partial charge in [-0.05, 0) is 17.7 Å². The average Bonchev–Trinajstić information content (AvgIpc) is 2.00. The van der Waals surface area contributed by atoms with E-state index in [1.54, 1.807) is 6.07 Å². The van der Waals surface area contributed by atoms with Crippen LogP contribution >= 0.6 is 15.9 Å². The third kappa shape index (κ3) is 3.20. The Balaban J connectivity index is 2.98. The SMILES string of the molecule is O=S(=O)(Cc1cccc(Br)c1)C(F)(F)F. The first-order valence-corrected chi connectivity index (χ1v) is 6.20. The van der Waals surface area contributed by atoms with Crippen molar-refractivity contribution in [3.63, 3.8) is 0 Å². The van der Waals surface area contributed by atoms with Crippen LogP contribution in [0.4, 0.5) is 13.2 Å². The lowest BCUT2D eigenvalue weighted by Crippen LogP contribution is -2.24. The first kappa shape index (κ1) is 12.5. The van der Waals surface area contributed by atoms with Gasteiger partial charge in [-0.3, -0.25) is 0 Å². The third-order valence-corrected chi connectivity index (χ3v) is 3.51. The minimum Gasteiger partial charge on any atom is -0.219 e. The highest BCUT2D eigenvalue weighted by atomic mass is 79.9. The molecule has 0 heterocycles. The minimum absolute atomic E-state index is 0.0988. The van der Waals surface area contributed by atoms with Gasteiger partial charge in [0.25, 0.3) is 9.84 Å². The largest absolute Gasteiger partial charge is 0.497 e. The number of sulfone groups is 1. The van der Waals surface area contributed by atoms with E-state index in [-0.39, 0.29) is 5.56 Å². The monoisotopic (exact) mass is 302 g/mol. The van der Waals surface area contributed by atoms with Crippen molar-refractivity contribution in [1.29, 1.82) is 0 Å². The second-order valence-corrected chi connectivity index (χ2v) is 5.73. The van der Waals surface area contributed by atoms with E-state index in [9.17, 15) is 21.6 Å². The van der Waals surface area contributed by atoms with Crippen molar-refractivity contribution in [1.82, 2.24) is 0 Å². The summed E-state index contributed by atoms with van der Waals surface area (Å²) in [5, 5.41) is 0. The van der Waals surface area contributed by atoms with Gasteiger partial charge in [-0.2, -0.15) is 13.2 Å². The van der Waals surface area contributed by atoms with Gasteiger partial charge in [0, 0.05) is 4.47 Å². The summed E-state index contributed by atoms with van der Waals surface area (Å²) in [4.78, 5) is 0.